The second-order valence-electron chi connectivity index (χ2n) is 3.72. The SMILES string of the molecule is O=C(NCCCn1cccn1)c1cccc(Br)n1. The summed E-state index contributed by atoms with van der Waals surface area (Å²) < 4.78 is 2.50. The Kier molecular flexibility index (Phi) is 4.46. The summed E-state index contributed by atoms with van der Waals surface area (Å²) in [5.74, 6) is -0.156. The summed E-state index contributed by atoms with van der Waals surface area (Å²) in [6.07, 6.45) is 4.48. The molecular weight excluding hydrogens is 296 g/mol. The van der Waals surface area contributed by atoms with Crippen molar-refractivity contribution in [3.05, 3.63) is 47.0 Å². The van der Waals surface area contributed by atoms with Crippen LogP contribution in [0.2, 0.25) is 0 Å². The van der Waals surface area contributed by atoms with E-state index in [1.165, 1.54) is 0 Å². The van der Waals surface area contributed by atoms with Crippen molar-refractivity contribution >= 4 is 21.8 Å². The maximum Gasteiger partial charge on any atom is 0.269 e. The van der Waals surface area contributed by atoms with Gasteiger partial charge in [0.1, 0.15) is 10.3 Å². The molecule has 0 aliphatic heterocycles. The van der Waals surface area contributed by atoms with E-state index in [1.807, 2.05) is 16.9 Å². The van der Waals surface area contributed by atoms with Gasteiger partial charge in [-0.1, -0.05) is 6.07 Å². The zero-order valence-corrected chi connectivity index (χ0v) is 11.3. The number of carbonyl (C=O) groups excluding carboxylic acids is 1. The minimum Gasteiger partial charge on any atom is -0.351 e. The molecule has 2 rings (SSSR count). The maximum absolute atomic E-state index is 11.7. The van der Waals surface area contributed by atoms with Crippen molar-refractivity contribution < 1.29 is 4.79 Å². The fourth-order valence-corrected chi connectivity index (χ4v) is 1.84. The third kappa shape index (κ3) is 3.66. The fourth-order valence-electron chi connectivity index (χ4n) is 1.50. The van der Waals surface area contributed by atoms with Gasteiger partial charge in [-0.15, -0.1) is 0 Å². The van der Waals surface area contributed by atoms with Gasteiger partial charge in [0.15, 0.2) is 0 Å². The van der Waals surface area contributed by atoms with E-state index in [9.17, 15) is 4.79 Å². The molecule has 0 aromatic carbocycles. The largest absolute Gasteiger partial charge is 0.351 e. The number of hydrogen-bond acceptors (Lipinski definition) is 3. The lowest BCUT2D eigenvalue weighted by Gasteiger charge is -2.05. The molecule has 0 unspecified atom stereocenters. The van der Waals surface area contributed by atoms with Gasteiger partial charge < -0.3 is 5.32 Å². The van der Waals surface area contributed by atoms with E-state index < -0.39 is 0 Å². The van der Waals surface area contributed by atoms with Crippen LogP contribution in [0.3, 0.4) is 0 Å². The van der Waals surface area contributed by atoms with Gasteiger partial charge in [0, 0.05) is 25.5 Å². The Morgan fingerprint density at radius 3 is 3.00 bits per heavy atom. The second-order valence-corrected chi connectivity index (χ2v) is 4.54. The predicted molar refractivity (Wildman–Crippen MR) is 71.1 cm³/mol. The summed E-state index contributed by atoms with van der Waals surface area (Å²) in [7, 11) is 0. The smallest absolute Gasteiger partial charge is 0.269 e. The number of pyridine rings is 1. The lowest BCUT2D eigenvalue weighted by atomic mass is 10.3. The zero-order valence-electron chi connectivity index (χ0n) is 9.71. The van der Waals surface area contributed by atoms with Gasteiger partial charge in [-0.3, -0.25) is 9.48 Å². The number of nitrogens with zero attached hydrogens (tertiary/aromatic N) is 3. The van der Waals surface area contributed by atoms with Crippen LogP contribution in [0.15, 0.2) is 41.3 Å². The maximum atomic E-state index is 11.7. The minimum atomic E-state index is -0.156. The van der Waals surface area contributed by atoms with Gasteiger partial charge in [0.25, 0.3) is 5.91 Å². The molecule has 2 aromatic heterocycles. The van der Waals surface area contributed by atoms with Gasteiger partial charge in [0.2, 0.25) is 0 Å². The number of aryl methyl sites for hydroxylation is 1. The summed E-state index contributed by atoms with van der Waals surface area (Å²) >= 11 is 3.24. The molecule has 1 N–H and O–H groups in total. The number of aromatic nitrogens is 3. The monoisotopic (exact) mass is 308 g/mol. The first-order chi connectivity index (χ1) is 8.75. The molecule has 2 heterocycles. The molecule has 0 spiro atoms. The van der Waals surface area contributed by atoms with E-state index in [-0.39, 0.29) is 5.91 Å². The van der Waals surface area contributed by atoms with Crippen molar-refractivity contribution in [2.75, 3.05) is 6.54 Å². The first-order valence-electron chi connectivity index (χ1n) is 5.64. The van der Waals surface area contributed by atoms with Crippen molar-refractivity contribution in [3.63, 3.8) is 0 Å². The summed E-state index contributed by atoms with van der Waals surface area (Å²) in [4.78, 5) is 15.8. The van der Waals surface area contributed by atoms with Gasteiger partial charge in [-0.05, 0) is 40.5 Å². The molecule has 0 atom stereocenters. The van der Waals surface area contributed by atoms with Crippen LogP contribution in [-0.2, 0) is 6.54 Å². The van der Waals surface area contributed by atoms with E-state index in [0.717, 1.165) is 13.0 Å². The summed E-state index contributed by atoms with van der Waals surface area (Å²) in [5, 5.41) is 6.91. The molecule has 0 fully saturated rings. The summed E-state index contributed by atoms with van der Waals surface area (Å²) in [5.41, 5.74) is 0.420. The molecule has 0 aliphatic carbocycles. The highest BCUT2D eigenvalue weighted by atomic mass is 79.9. The lowest BCUT2D eigenvalue weighted by molar-refractivity contribution is 0.0947. The number of nitrogens with one attached hydrogen (secondary N) is 1. The van der Waals surface area contributed by atoms with Crippen molar-refractivity contribution in [2.45, 2.75) is 13.0 Å². The van der Waals surface area contributed by atoms with Crippen LogP contribution in [0.5, 0.6) is 0 Å². The first kappa shape index (κ1) is 12.8. The Morgan fingerprint density at radius 1 is 1.39 bits per heavy atom. The number of rotatable bonds is 5. The molecule has 0 radical (unpaired) electrons. The second kappa shape index (κ2) is 6.30. The molecule has 94 valence electrons. The standard InChI is InChI=1S/C12H13BrN4O/c13-11-5-1-4-10(16-11)12(18)14-6-2-8-17-9-3-7-15-17/h1,3-5,7,9H,2,6,8H2,(H,14,18). The Hall–Kier alpha value is -1.69. The van der Waals surface area contributed by atoms with Crippen molar-refractivity contribution in [1.82, 2.24) is 20.1 Å². The molecule has 0 saturated heterocycles. The highest BCUT2D eigenvalue weighted by molar-refractivity contribution is 9.10. The molecule has 18 heavy (non-hydrogen) atoms. The molecule has 0 aliphatic rings. The number of hydrogen-bond donors (Lipinski definition) is 1. The third-order valence-electron chi connectivity index (χ3n) is 2.36. The van der Waals surface area contributed by atoms with Crippen LogP contribution in [0.25, 0.3) is 0 Å². The predicted octanol–water partition coefficient (Wildman–Crippen LogP) is 1.86. The van der Waals surface area contributed by atoms with E-state index in [1.54, 1.807) is 24.4 Å². The van der Waals surface area contributed by atoms with E-state index in [2.05, 4.69) is 31.3 Å². The highest BCUT2D eigenvalue weighted by Crippen LogP contribution is 2.05. The third-order valence-corrected chi connectivity index (χ3v) is 2.80. The van der Waals surface area contributed by atoms with Crippen LogP contribution >= 0.6 is 15.9 Å². The molecule has 0 bridgehead atoms. The number of amides is 1. The van der Waals surface area contributed by atoms with Crippen molar-refractivity contribution in [3.8, 4) is 0 Å². The quantitative estimate of drug-likeness (QED) is 0.677. The van der Waals surface area contributed by atoms with Gasteiger partial charge in [-0.2, -0.15) is 5.10 Å². The lowest BCUT2D eigenvalue weighted by Crippen LogP contribution is -2.26. The van der Waals surface area contributed by atoms with Crippen LogP contribution in [-0.4, -0.2) is 27.2 Å². The van der Waals surface area contributed by atoms with Crippen LogP contribution in [0.1, 0.15) is 16.9 Å². The Bertz CT molecular complexity index is 513. The minimum absolute atomic E-state index is 0.156. The summed E-state index contributed by atoms with van der Waals surface area (Å²) in [6.45, 7) is 1.39. The fraction of sp³-hybridized carbons (Fsp3) is 0.250. The zero-order chi connectivity index (χ0) is 12.8. The van der Waals surface area contributed by atoms with Crippen LogP contribution in [0.4, 0.5) is 0 Å². The molecule has 0 saturated carbocycles. The highest BCUT2D eigenvalue weighted by Gasteiger charge is 2.06. The molecule has 6 heteroatoms. The Morgan fingerprint density at radius 2 is 2.28 bits per heavy atom. The van der Waals surface area contributed by atoms with Gasteiger partial charge >= 0.3 is 0 Å². The van der Waals surface area contributed by atoms with Gasteiger partial charge in [0.05, 0.1) is 0 Å². The van der Waals surface area contributed by atoms with E-state index in [4.69, 9.17) is 0 Å². The number of halogens is 1. The first-order valence-corrected chi connectivity index (χ1v) is 6.43. The van der Waals surface area contributed by atoms with E-state index in [0.29, 0.717) is 16.8 Å². The molecule has 2 aromatic rings. The normalized spacial score (nSPS) is 10.3. The van der Waals surface area contributed by atoms with Crippen LogP contribution in [0, 0.1) is 0 Å². The van der Waals surface area contributed by atoms with Crippen molar-refractivity contribution in [1.29, 1.82) is 0 Å². The molecule has 1 amide bonds. The topological polar surface area (TPSA) is 59.8 Å². The Labute approximate surface area is 113 Å². The van der Waals surface area contributed by atoms with Gasteiger partial charge in [-0.25, -0.2) is 4.98 Å². The molecule has 5 nitrogen and oxygen atoms in total. The van der Waals surface area contributed by atoms with Crippen LogP contribution < -0.4 is 5.32 Å². The molecular formula is C12H13BrN4O. The van der Waals surface area contributed by atoms with Crippen molar-refractivity contribution in [2.24, 2.45) is 0 Å². The Balaban J connectivity index is 1.75. The average molecular weight is 309 g/mol. The van der Waals surface area contributed by atoms with E-state index >= 15 is 0 Å². The number of carbonyl (C=O) groups is 1. The summed E-state index contributed by atoms with van der Waals surface area (Å²) in [6, 6.07) is 7.14. The average Bonchev–Trinajstić information content (AvgIpc) is 2.87.